The van der Waals surface area contributed by atoms with E-state index in [0.29, 0.717) is 0 Å². The fourth-order valence-electron chi connectivity index (χ4n) is 2.63. The smallest absolute Gasteiger partial charge is 0.0601 e. The van der Waals surface area contributed by atoms with Crippen molar-refractivity contribution in [3.05, 3.63) is 68.6 Å². The molecule has 0 aliphatic heterocycles. The van der Waals surface area contributed by atoms with Gasteiger partial charge < -0.3 is 5.32 Å². The highest BCUT2D eigenvalue weighted by molar-refractivity contribution is 14.1. The molecule has 0 aliphatic rings. The maximum Gasteiger partial charge on any atom is 0.0601 e. The van der Waals surface area contributed by atoms with E-state index in [4.69, 9.17) is 0 Å². The molecule has 3 rings (SSSR count). The van der Waals surface area contributed by atoms with Gasteiger partial charge in [-0.05, 0) is 69.6 Å². The van der Waals surface area contributed by atoms with Crippen molar-refractivity contribution in [2.75, 3.05) is 6.54 Å². The van der Waals surface area contributed by atoms with Gasteiger partial charge in [-0.25, -0.2) is 0 Å². The lowest BCUT2D eigenvalue weighted by atomic mass is 9.97. The second kappa shape index (κ2) is 6.90. The minimum Gasteiger partial charge on any atom is -0.306 e. The van der Waals surface area contributed by atoms with E-state index in [0.717, 1.165) is 13.0 Å². The van der Waals surface area contributed by atoms with Gasteiger partial charge in [-0.1, -0.05) is 43.3 Å². The fraction of sp³-hybridized carbons (Fsp3) is 0.222. The van der Waals surface area contributed by atoms with E-state index >= 15 is 0 Å². The summed E-state index contributed by atoms with van der Waals surface area (Å²) in [6.45, 7) is 3.24. The average Bonchev–Trinajstić information content (AvgIpc) is 2.98. The third-order valence-electron chi connectivity index (χ3n) is 3.64. The van der Waals surface area contributed by atoms with E-state index in [1.807, 2.05) is 11.3 Å². The van der Waals surface area contributed by atoms with Gasteiger partial charge in [0.25, 0.3) is 0 Å². The maximum absolute atomic E-state index is 3.73. The molecule has 1 N–H and O–H groups in total. The van der Waals surface area contributed by atoms with Crippen LogP contribution in [0.3, 0.4) is 0 Å². The van der Waals surface area contributed by atoms with E-state index in [9.17, 15) is 0 Å². The highest BCUT2D eigenvalue weighted by Gasteiger charge is 2.18. The first-order valence-electron chi connectivity index (χ1n) is 7.25. The van der Waals surface area contributed by atoms with E-state index in [1.165, 1.54) is 24.8 Å². The summed E-state index contributed by atoms with van der Waals surface area (Å²) in [5.41, 5.74) is 2.76. The Morgan fingerprint density at radius 1 is 1.05 bits per heavy atom. The van der Waals surface area contributed by atoms with Crippen molar-refractivity contribution < 1.29 is 0 Å². The van der Waals surface area contributed by atoms with Gasteiger partial charge >= 0.3 is 0 Å². The van der Waals surface area contributed by atoms with Gasteiger partial charge in [0.2, 0.25) is 0 Å². The summed E-state index contributed by atoms with van der Waals surface area (Å²) in [5.74, 6) is 0. The van der Waals surface area contributed by atoms with Gasteiger partial charge in [0, 0.05) is 8.27 Å². The summed E-state index contributed by atoms with van der Waals surface area (Å²) in [5, 5.41) is 7.25. The van der Waals surface area contributed by atoms with E-state index in [1.54, 1.807) is 0 Å². The highest BCUT2D eigenvalue weighted by atomic mass is 127. The lowest BCUT2D eigenvalue weighted by molar-refractivity contribution is 0.600. The molecule has 0 saturated carbocycles. The number of fused-ring (bicyclic) bond motifs is 1. The maximum atomic E-state index is 3.73. The van der Waals surface area contributed by atoms with E-state index in [-0.39, 0.29) is 6.04 Å². The van der Waals surface area contributed by atoms with Gasteiger partial charge in [0.15, 0.2) is 0 Å². The normalized spacial score (nSPS) is 12.7. The van der Waals surface area contributed by atoms with Crippen molar-refractivity contribution in [1.29, 1.82) is 0 Å². The van der Waals surface area contributed by atoms with Crippen LogP contribution >= 0.6 is 33.9 Å². The quantitative estimate of drug-likeness (QED) is 0.544. The number of hydrogen-bond donors (Lipinski definition) is 1. The lowest BCUT2D eigenvalue weighted by Gasteiger charge is -2.21. The summed E-state index contributed by atoms with van der Waals surface area (Å²) >= 11 is 4.27. The van der Waals surface area contributed by atoms with Crippen LogP contribution in [0.5, 0.6) is 0 Å². The molecular formula is C18H18INS. The molecule has 21 heavy (non-hydrogen) atoms. The van der Waals surface area contributed by atoms with Crippen LogP contribution in [0, 0.1) is 3.57 Å². The average molecular weight is 407 g/mol. The molecule has 1 nitrogen and oxygen atoms in total. The van der Waals surface area contributed by atoms with Gasteiger partial charge in [0.1, 0.15) is 0 Å². The molecule has 0 spiro atoms. The predicted octanol–water partition coefficient (Wildman–Crippen LogP) is 5.59. The fourth-order valence-corrected chi connectivity index (χ4v) is 4.27. The Kier molecular flexibility index (Phi) is 4.93. The third kappa shape index (κ3) is 3.15. The Hall–Kier alpha value is -0.910. The SMILES string of the molecule is CCCNC(c1ccccc1I)c1cccc2ccsc12. The Balaban J connectivity index is 2.11. The van der Waals surface area contributed by atoms with Crippen molar-refractivity contribution in [3.8, 4) is 0 Å². The van der Waals surface area contributed by atoms with E-state index in [2.05, 4.69) is 88.7 Å². The number of hydrogen-bond acceptors (Lipinski definition) is 2. The standard InChI is InChI=1S/C18H18INS/c1-2-11-20-17(14-7-3-4-9-16(14)19)15-8-5-6-13-10-12-21-18(13)15/h3-10,12,17,20H,2,11H2,1H3. The topological polar surface area (TPSA) is 12.0 Å². The number of thiophene rings is 1. The summed E-state index contributed by atoms with van der Waals surface area (Å²) in [6.07, 6.45) is 1.14. The van der Waals surface area contributed by atoms with Crippen LogP contribution in [0.15, 0.2) is 53.9 Å². The molecule has 1 unspecified atom stereocenters. The molecule has 108 valence electrons. The zero-order valence-corrected chi connectivity index (χ0v) is 14.9. The Morgan fingerprint density at radius 3 is 2.67 bits per heavy atom. The van der Waals surface area contributed by atoms with Crippen LogP contribution in [0.4, 0.5) is 0 Å². The Morgan fingerprint density at radius 2 is 1.86 bits per heavy atom. The first kappa shape index (κ1) is 15.0. The molecule has 0 radical (unpaired) electrons. The van der Waals surface area contributed by atoms with Crippen molar-refractivity contribution in [2.45, 2.75) is 19.4 Å². The minimum absolute atomic E-state index is 0.264. The van der Waals surface area contributed by atoms with Gasteiger partial charge in [-0.3, -0.25) is 0 Å². The summed E-state index contributed by atoms with van der Waals surface area (Å²) in [7, 11) is 0. The zero-order valence-electron chi connectivity index (χ0n) is 12.0. The monoisotopic (exact) mass is 407 g/mol. The number of rotatable bonds is 5. The van der Waals surface area contributed by atoms with Crippen molar-refractivity contribution >= 4 is 44.0 Å². The Labute approximate surface area is 143 Å². The molecule has 0 bridgehead atoms. The molecule has 3 heteroatoms. The number of benzene rings is 2. The predicted molar refractivity (Wildman–Crippen MR) is 101 cm³/mol. The lowest BCUT2D eigenvalue weighted by Crippen LogP contribution is -2.24. The molecule has 1 heterocycles. The molecule has 0 amide bonds. The second-order valence-corrected chi connectivity index (χ2v) is 7.17. The van der Waals surface area contributed by atoms with Crippen LogP contribution in [0.2, 0.25) is 0 Å². The summed E-state index contributed by atoms with van der Waals surface area (Å²) < 4.78 is 2.71. The van der Waals surface area contributed by atoms with Crippen LogP contribution in [0.25, 0.3) is 10.1 Å². The summed E-state index contributed by atoms with van der Waals surface area (Å²) in [4.78, 5) is 0. The largest absolute Gasteiger partial charge is 0.306 e. The number of halogens is 1. The highest BCUT2D eigenvalue weighted by Crippen LogP contribution is 2.34. The Bertz CT molecular complexity index is 735. The van der Waals surface area contributed by atoms with Crippen LogP contribution in [-0.2, 0) is 0 Å². The first-order chi connectivity index (χ1) is 10.3. The zero-order chi connectivity index (χ0) is 14.7. The molecule has 0 aliphatic carbocycles. The summed E-state index contributed by atoms with van der Waals surface area (Å²) in [6, 6.07) is 17.8. The molecule has 2 aromatic carbocycles. The van der Waals surface area contributed by atoms with Crippen molar-refractivity contribution in [2.24, 2.45) is 0 Å². The minimum atomic E-state index is 0.264. The molecule has 1 aromatic heterocycles. The van der Waals surface area contributed by atoms with Crippen molar-refractivity contribution in [3.63, 3.8) is 0 Å². The molecule has 0 fully saturated rings. The van der Waals surface area contributed by atoms with Crippen molar-refractivity contribution in [1.82, 2.24) is 5.32 Å². The second-order valence-electron chi connectivity index (χ2n) is 5.09. The van der Waals surface area contributed by atoms with Gasteiger partial charge in [-0.2, -0.15) is 0 Å². The molecule has 1 atom stereocenters. The van der Waals surface area contributed by atoms with E-state index < -0.39 is 0 Å². The van der Waals surface area contributed by atoms with Crippen LogP contribution < -0.4 is 5.32 Å². The van der Waals surface area contributed by atoms with Gasteiger partial charge in [-0.15, -0.1) is 11.3 Å². The van der Waals surface area contributed by atoms with Crippen LogP contribution in [0.1, 0.15) is 30.5 Å². The first-order valence-corrected chi connectivity index (χ1v) is 9.21. The molecule has 3 aromatic rings. The molecular weight excluding hydrogens is 389 g/mol. The third-order valence-corrected chi connectivity index (χ3v) is 5.60. The van der Waals surface area contributed by atoms with Gasteiger partial charge in [0.05, 0.1) is 6.04 Å². The van der Waals surface area contributed by atoms with Crippen LogP contribution in [-0.4, -0.2) is 6.54 Å². The molecule has 0 saturated heterocycles. The number of nitrogens with one attached hydrogen (secondary N) is 1.